The second-order valence-electron chi connectivity index (χ2n) is 3.69. The molecule has 0 radical (unpaired) electrons. The van der Waals surface area contributed by atoms with Crippen molar-refractivity contribution in [1.82, 2.24) is 0 Å². The Morgan fingerprint density at radius 3 is 2.70 bits per heavy atom. The molecule has 58 valence electrons. The van der Waals surface area contributed by atoms with Crippen LogP contribution in [-0.2, 0) is 0 Å². The summed E-state index contributed by atoms with van der Waals surface area (Å²) < 4.78 is 0. The van der Waals surface area contributed by atoms with Crippen LogP contribution in [0.2, 0.25) is 0 Å². The highest BCUT2D eigenvalue weighted by molar-refractivity contribution is 5.83. The Labute approximate surface area is 63.5 Å². The van der Waals surface area contributed by atoms with Gasteiger partial charge in [0.1, 0.15) is 0 Å². The van der Waals surface area contributed by atoms with Gasteiger partial charge in [0.2, 0.25) is 0 Å². The minimum absolute atomic E-state index is 0.653. The monoisotopic (exact) mass is 139 g/mol. The van der Waals surface area contributed by atoms with Crippen molar-refractivity contribution in [2.24, 2.45) is 10.9 Å². The van der Waals surface area contributed by atoms with Gasteiger partial charge >= 0.3 is 0 Å². The molecule has 0 N–H and O–H groups in total. The van der Waals surface area contributed by atoms with Crippen LogP contribution >= 0.6 is 0 Å². The molecule has 0 aromatic rings. The van der Waals surface area contributed by atoms with Crippen LogP contribution in [0.5, 0.6) is 0 Å². The fraction of sp³-hybridized carbons (Fsp3) is 0.889. The zero-order chi connectivity index (χ0) is 7.56. The van der Waals surface area contributed by atoms with Gasteiger partial charge in [-0.25, -0.2) is 0 Å². The number of hydrogen-bond acceptors (Lipinski definition) is 1. The summed E-state index contributed by atoms with van der Waals surface area (Å²) in [6.45, 7) is 6.67. The van der Waals surface area contributed by atoms with Gasteiger partial charge in [-0.1, -0.05) is 13.8 Å². The lowest BCUT2D eigenvalue weighted by atomic mass is 10.0. The van der Waals surface area contributed by atoms with E-state index in [0.29, 0.717) is 6.04 Å². The summed E-state index contributed by atoms with van der Waals surface area (Å²) in [4.78, 5) is 4.55. The van der Waals surface area contributed by atoms with Gasteiger partial charge in [0, 0.05) is 5.71 Å². The van der Waals surface area contributed by atoms with E-state index in [0.717, 1.165) is 5.92 Å². The molecule has 0 saturated heterocycles. The van der Waals surface area contributed by atoms with Crippen LogP contribution in [0.3, 0.4) is 0 Å². The molecule has 1 unspecified atom stereocenters. The summed E-state index contributed by atoms with van der Waals surface area (Å²) in [6, 6.07) is 0.653. The van der Waals surface area contributed by atoms with Gasteiger partial charge in [0.15, 0.2) is 0 Å². The molecule has 0 fully saturated rings. The van der Waals surface area contributed by atoms with E-state index in [9.17, 15) is 0 Å². The maximum Gasteiger partial charge on any atom is 0.0504 e. The van der Waals surface area contributed by atoms with E-state index >= 15 is 0 Å². The van der Waals surface area contributed by atoms with Crippen molar-refractivity contribution in [2.75, 3.05) is 0 Å². The molecule has 0 aliphatic carbocycles. The lowest BCUT2D eigenvalue weighted by molar-refractivity contribution is 0.496. The Morgan fingerprint density at radius 1 is 1.60 bits per heavy atom. The summed E-state index contributed by atoms with van der Waals surface area (Å²) in [5.74, 6) is 0.805. The molecule has 0 saturated carbocycles. The Kier molecular flexibility index (Phi) is 2.47. The first-order valence-electron chi connectivity index (χ1n) is 4.21. The highest BCUT2D eigenvalue weighted by atomic mass is 14.8. The summed E-state index contributed by atoms with van der Waals surface area (Å²) in [5.41, 5.74) is 1.35. The molecule has 0 bridgehead atoms. The van der Waals surface area contributed by atoms with Crippen molar-refractivity contribution < 1.29 is 0 Å². The third-order valence-corrected chi connectivity index (χ3v) is 1.99. The molecule has 1 atom stereocenters. The molecule has 0 aromatic carbocycles. The Hall–Kier alpha value is -0.330. The molecule has 1 nitrogen and oxygen atoms in total. The van der Waals surface area contributed by atoms with E-state index in [4.69, 9.17) is 0 Å². The van der Waals surface area contributed by atoms with Crippen molar-refractivity contribution in [3.63, 3.8) is 0 Å². The first-order valence-corrected chi connectivity index (χ1v) is 4.21. The quantitative estimate of drug-likeness (QED) is 0.557. The average molecular weight is 139 g/mol. The molecule has 1 rings (SSSR count). The largest absolute Gasteiger partial charge is 0.291 e. The molecular weight excluding hydrogens is 122 g/mol. The number of nitrogens with zero attached hydrogens (tertiary/aromatic N) is 1. The standard InChI is InChI=1S/C9H17N/c1-7(2)6-9-5-4-8(3)10-9/h7,9H,4-6H2,1-3H3. The predicted octanol–water partition coefficient (Wildman–Crippen LogP) is 2.66. The Bertz CT molecular complexity index is 136. The second kappa shape index (κ2) is 3.18. The van der Waals surface area contributed by atoms with Gasteiger partial charge in [-0.2, -0.15) is 0 Å². The van der Waals surface area contributed by atoms with Crippen LogP contribution in [0, 0.1) is 5.92 Å². The van der Waals surface area contributed by atoms with Crippen LogP contribution in [0.1, 0.15) is 40.0 Å². The summed E-state index contributed by atoms with van der Waals surface area (Å²) in [6.07, 6.45) is 3.80. The van der Waals surface area contributed by atoms with Crippen LogP contribution in [0.15, 0.2) is 4.99 Å². The number of rotatable bonds is 2. The minimum atomic E-state index is 0.653. The summed E-state index contributed by atoms with van der Waals surface area (Å²) in [5, 5.41) is 0. The van der Waals surface area contributed by atoms with Crippen molar-refractivity contribution >= 4 is 5.71 Å². The molecule has 1 aliphatic heterocycles. The molecule has 1 heterocycles. The van der Waals surface area contributed by atoms with E-state index in [1.807, 2.05) is 0 Å². The third kappa shape index (κ3) is 2.13. The molecular formula is C9H17N. The lowest BCUT2D eigenvalue weighted by Gasteiger charge is -2.08. The summed E-state index contributed by atoms with van der Waals surface area (Å²) in [7, 11) is 0. The van der Waals surface area contributed by atoms with E-state index < -0.39 is 0 Å². The minimum Gasteiger partial charge on any atom is -0.291 e. The van der Waals surface area contributed by atoms with Crippen molar-refractivity contribution in [1.29, 1.82) is 0 Å². The average Bonchev–Trinajstić information content (AvgIpc) is 2.13. The molecule has 0 aromatic heterocycles. The highest BCUT2D eigenvalue weighted by Gasteiger charge is 2.14. The zero-order valence-corrected chi connectivity index (χ0v) is 7.22. The second-order valence-corrected chi connectivity index (χ2v) is 3.69. The Balaban J connectivity index is 2.31. The third-order valence-electron chi connectivity index (χ3n) is 1.99. The maximum atomic E-state index is 4.55. The van der Waals surface area contributed by atoms with E-state index in [-0.39, 0.29) is 0 Å². The molecule has 10 heavy (non-hydrogen) atoms. The Morgan fingerprint density at radius 2 is 2.30 bits per heavy atom. The fourth-order valence-corrected chi connectivity index (χ4v) is 1.53. The first kappa shape index (κ1) is 7.77. The highest BCUT2D eigenvalue weighted by Crippen LogP contribution is 2.19. The predicted molar refractivity (Wildman–Crippen MR) is 45.6 cm³/mol. The van der Waals surface area contributed by atoms with E-state index in [1.165, 1.54) is 25.0 Å². The van der Waals surface area contributed by atoms with Crippen molar-refractivity contribution in [3.05, 3.63) is 0 Å². The van der Waals surface area contributed by atoms with E-state index in [1.54, 1.807) is 0 Å². The van der Waals surface area contributed by atoms with Gasteiger partial charge in [0.25, 0.3) is 0 Å². The maximum absolute atomic E-state index is 4.55. The SMILES string of the molecule is CC1=NC(CC(C)C)CC1. The summed E-state index contributed by atoms with van der Waals surface area (Å²) >= 11 is 0. The van der Waals surface area contributed by atoms with Gasteiger partial charge in [-0.3, -0.25) is 4.99 Å². The fourth-order valence-electron chi connectivity index (χ4n) is 1.53. The molecule has 1 aliphatic rings. The molecule has 0 amide bonds. The van der Waals surface area contributed by atoms with Crippen LogP contribution in [0.25, 0.3) is 0 Å². The van der Waals surface area contributed by atoms with Gasteiger partial charge < -0.3 is 0 Å². The van der Waals surface area contributed by atoms with Crippen molar-refractivity contribution in [3.8, 4) is 0 Å². The van der Waals surface area contributed by atoms with Crippen LogP contribution in [0.4, 0.5) is 0 Å². The van der Waals surface area contributed by atoms with Crippen LogP contribution < -0.4 is 0 Å². The lowest BCUT2D eigenvalue weighted by Crippen LogP contribution is -2.03. The molecule has 0 spiro atoms. The number of hydrogen-bond donors (Lipinski definition) is 0. The van der Waals surface area contributed by atoms with Crippen LogP contribution in [-0.4, -0.2) is 11.8 Å². The van der Waals surface area contributed by atoms with E-state index in [2.05, 4.69) is 25.8 Å². The van der Waals surface area contributed by atoms with Gasteiger partial charge in [0.05, 0.1) is 6.04 Å². The molecule has 1 heteroatoms. The normalized spacial score (nSPS) is 25.6. The van der Waals surface area contributed by atoms with Gasteiger partial charge in [-0.05, 0) is 32.1 Å². The topological polar surface area (TPSA) is 12.4 Å². The number of aliphatic imine (C=N–C) groups is 1. The van der Waals surface area contributed by atoms with Gasteiger partial charge in [-0.15, -0.1) is 0 Å². The van der Waals surface area contributed by atoms with Crippen molar-refractivity contribution in [2.45, 2.75) is 46.1 Å². The first-order chi connectivity index (χ1) is 4.68. The smallest absolute Gasteiger partial charge is 0.0504 e. The zero-order valence-electron chi connectivity index (χ0n) is 7.22.